The van der Waals surface area contributed by atoms with Crippen LogP contribution in [0.15, 0.2) is 0 Å². The third-order valence-corrected chi connectivity index (χ3v) is 15.8. The van der Waals surface area contributed by atoms with Gasteiger partial charge in [-0.3, -0.25) is 14.4 Å². The molecule has 410 valence electrons. The summed E-state index contributed by atoms with van der Waals surface area (Å²) < 4.78 is 18.1. The van der Waals surface area contributed by atoms with Crippen molar-refractivity contribution in [3.63, 3.8) is 0 Å². The summed E-state index contributed by atoms with van der Waals surface area (Å²) in [6, 6.07) is 0. The molecule has 0 aromatic rings. The first-order valence-corrected chi connectivity index (χ1v) is 31.2. The minimum atomic E-state index is -0.171. The molecule has 9 nitrogen and oxygen atoms in total. The Balaban J connectivity index is 1.34. The highest BCUT2D eigenvalue weighted by Crippen LogP contribution is 2.34. The molecule has 3 heterocycles. The Kier molecular flexibility index (Phi) is 38.3. The van der Waals surface area contributed by atoms with Gasteiger partial charge < -0.3 is 29.7 Å². The standard InChI is InChI=1S/C61H115N3O6/c1-5-9-13-17-24-31-40-54-56(68-54)42-33-27-20-23-30-39-53(65)52(51-63-59(66)45-36-29-21-28-34-43-57-55(69-57)41-32-25-18-14-10-6-2)47-49-62-48-38-50-64(60(67)46-37-22-16-12-8-4)61-58(70-61)44-35-26-19-15-11-7-3/h52,54-58,61-62H,5-51H2,1-4H3,(H,63,66)/t52?,54-,55-,56+,57+,58-,61+/m1/s1. The number of amides is 2. The number of nitrogens with zero attached hydrogens (tertiary/aromatic N) is 1. The molecule has 3 rings (SSSR count). The number of epoxide rings is 3. The first kappa shape index (κ1) is 62.7. The molecule has 2 N–H and O–H groups in total. The lowest BCUT2D eigenvalue weighted by atomic mass is 9.95. The van der Waals surface area contributed by atoms with Crippen molar-refractivity contribution in [1.29, 1.82) is 0 Å². The monoisotopic (exact) mass is 986 g/mol. The van der Waals surface area contributed by atoms with Gasteiger partial charge in [-0.25, -0.2) is 0 Å². The van der Waals surface area contributed by atoms with Gasteiger partial charge in [-0.15, -0.1) is 0 Å². The van der Waals surface area contributed by atoms with Crippen LogP contribution < -0.4 is 10.6 Å². The number of Topliss-reactive ketones (excluding diaryl/α,β-unsaturated/α-hetero) is 1. The summed E-state index contributed by atoms with van der Waals surface area (Å²) in [5, 5.41) is 6.77. The van der Waals surface area contributed by atoms with Gasteiger partial charge in [-0.2, -0.15) is 0 Å². The molecule has 3 fully saturated rings. The molecule has 0 aliphatic carbocycles. The number of rotatable bonds is 54. The molecule has 0 aromatic heterocycles. The minimum absolute atomic E-state index is 0.0568. The Hall–Kier alpha value is -1.55. The quantitative estimate of drug-likeness (QED) is 0.0461. The normalized spacial score (nSPS) is 20.7. The Morgan fingerprint density at radius 3 is 1.26 bits per heavy atom. The second-order valence-electron chi connectivity index (χ2n) is 22.4. The maximum absolute atomic E-state index is 13.7. The fourth-order valence-electron chi connectivity index (χ4n) is 10.8. The molecule has 2 amide bonds. The van der Waals surface area contributed by atoms with Crippen molar-refractivity contribution in [1.82, 2.24) is 15.5 Å². The van der Waals surface area contributed by atoms with Crippen LogP contribution in [0.2, 0.25) is 0 Å². The van der Waals surface area contributed by atoms with Crippen LogP contribution in [0.1, 0.15) is 304 Å². The Labute approximate surface area is 432 Å². The van der Waals surface area contributed by atoms with Crippen LogP contribution in [0.5, 0.6) is 0 Å². The lowest BCUT2D eigenvalue weighted by Gasteiger charge is -2.22. The van der Waals surface area contributed by atoms with Gasteiger partial charge in [-0.1, -0.05) is 220 Å². The van der Waals surface area contributed by atoms with Crippen molar-refractivity contribution in [2.45, 2.75) is 341 Å². The van der Waals surface area contributed by atoms with E-state index in [0.717, 1.165) is 70.9 Å². The molecule has 1 unspecified atom stereocenters. The zero-order valence-corrected chi connectivity index (χ0v) is 46.7. The highest BCUT2D eigenvalue weighted by Gasteiger charge is 2.44. The van der Waals surface area contributed by atoms with Crippen LogP contribution in [0.4, 0.5) is 0 Å². The van der Waals surface area contributed by atoms with Gasteiger partial charge in [0.15, 0.2) is 6.23 Å². The van der Waals surface area contributed by atoms with Crippen molar-refractivity contribution >= 4 is 17.6 Å². The van der Waals surface area contributed by atoms with Crippen molar-refractivity contribution < 1.29 is 28.6 Å². The van der Waals surface area contributed by atoms with Gasteiger partial charge in [-0.05, 0) is 77.3 Å². The first-order valence-electron chi connectivity index (χ1n) is 31.2. The zero-order valence-electron chi connectivity index (χ0n) is 46.7. The molecule has 0 aromatic carbocycles. The maximum Gasteiger partial charge on any atom is 0.224 e. The number of carbonyl (C=O) groups is 3. The summed E-state index contributed by atoms with van der Waals surface area (Å²) in [6.45, 7) is 11.7. The molecule has 9 heteroatoms. The molecule has 70 heavy (non-hydrogen) atoms. The molecule has 0 radical (unpaired) electrons. The Morgan fingerprint density at radius 2 is 0.800 bits per heavy atom. The van der Waals surface area contributed by atoms with Crippen LogP contribution in [-0.4, -0.2) is 85.4 Å². The fourth-order valence-corrected chi connectivity index (χ4v) is 10.8. The summed E-state index contributed by atoms with van der Waals surface area (Å²) in [7, 11) is 0. The van der Waals surface area contributed by atoms with E-state index in [-0.39, 0.29) is 35.8 Å². The first-order chi connectivity index (χ1) is 34.4. The predicted molar refractivity (Wildman–Crippen MR) is 293 cm³/mol. The molecular weight excluding hydrogens is 871 g/mol. The smallest absolute Gasteiger partial charge is 0.224 e. The number of hydrogen-bond acceptors (Lipinski definition) is 7. The summed E-state index contributed by atoms with van der Waals surface area (Å²) in [5.41, 5.74) is 0. The van der Waals surface area contributed by atoms with E-state index < -0.39 is 0 Å². The summed E-state index contributed by atoms with van der Waals surface area (Å²) >= 11 is 0. The number of ether oxygens (including phenoxy) is 3. The number of carbonyl (C=O) groups excluding carboxylic acids is 3. The van der Waals surface area contributed by atoms with Gasteiger partial charge in [0.2, 0.25) is 11.8 Å². The fraction of sp³-hybridized carbons (Fsp3) is 0.951. The van der Waals surface area contributed by atoms with Crippen molar-refractivity contribution in [3.8, 4) is 0 Å². The second-order valence-corrected chi connectivity index (χ2v) is 22.4. The lowest BCUT2D eigenvalue weighted by Crippen LogP contribution is -2.37. The van der Waals surface area contributed by atoms with Gasteiger partial charge in [0, 0.05) is 38.3 Å². The SMILES string of the molecule is CCCCCCCC[C@H]1O[C@H]1CCCCCCCC(=O)NCC(CCNCCCN(C(=O)CCCCCCC)[C@H]1O[C@@H]1CCCCCCCC)C(=O)CCCCCCC[C@@H]1O[C@@H]1CCCCCCCC. The molecular formula is C61H115N3O6. The van der Waals surface area contributed by atoms with E-state index in [0.29, 0.717) is 56.8 Å². The third-order valence-electron chi connectivity index (χ3n) is 15.8. The van der Waals surface area contributed by atoms with E-state index in [4.69, 9.17) is 14.2 Å². The van der Waals surface area contributed by atoms with Crippen molar-refractivity contribution in [2.24, 2.45) is 5.92 Å². The molecule has 3 aliphatic heterocycles. The van der Waals surface area contributed by atoms with E-state index in [1.54, 1.807) is 0 Å². The Morgan fingerprint density at radius 1 is 0.414 bits per heavy atom. The summed E-state index contributed by atoms with van der Waals surface area (Å²) in [6.07, 6.45) is 52.1. The van der Waals surface area contributed by atoms with Crippen LogP contribution in [0.25, 0.3) is 0 Å². The van der Waals surface area contributed by atoms with Gasteiger partial charge >= 0.3 is 0 Å². The molecule has 0 spiro atoms. The minimum Gasteiger partial charge on any atom is -0.370 e. The van der Waals surface area contributed by atoms with E-state index >= 15 is 0 Å². The second kappa shape index (κ2) is 42.8. The molecule has 3 aliphatic rings. The average Bonchev–Trinajstić information content (AvgIpc) is 4.30. The summed E-state index contributed by atoms with van der Waals surface area (Å²) in [4.78, 5) is 42.2. The van der Waals surface area contributed by atoms with Crippen molar-refractivity contribution in [2.75, 3.05) is 26.2 Å². The van der Waals surface area contributed by atoms with Crippen LogP contribution in [0, 0.1) is 5.92 Å². The third kappa shape index (κ3) is 32.6. The van der Waals surface area contributed by atoms with E-state index in [1.807, 2.05) is 4.90 Å². The highest BCUT2D eigenvalue weighted by molar-refractivity contribution is 5.82. The summed E-state index contributed by atoms with van der Waals surface area (Å²) in [5.74, 6) is 0.442. The zero-order chi connectivity index (χ0) is 50.1. The van der Waals surface area contributed by atoms with Crippen LogP contribution >= 0.6 is 0 Å². The topological polar surface area (TPSA) is 116 Å². The van der Waals surface area contributed by atoms with Gasteiger partial charge in [0.25, 0.3) is 0 Å². The number of nitrogens with one attached hydrogen (secondary N) is 2. The van der Waals surface area contributed by atoms with E-state index in [9.17, 15) is 14.4 Å². The van der Waals surface area contributed by atoms with Crippen LogP contribution in [0.3, 0.4) is 0 Å². The Bertz CT molecular complexity index is 1270. The van der Waals surface area contributed by atoms with Gasteiger partial charge in [0.1, 0.15) is 11.9 Å². The number of unbranched alkanes of at least 4 members (excludes halogenated alkanes) is 27. The molecule has 7 atom stereocenters. The molecule has 0 saturated carbocycles. The lowest BCUT2D eigenvalue weighted by molar-refractivity contribution is -0.133. The number of ketones is 1. The molecule has 3 saturated heterocycles. The van der Waals surface area contributed by atoms with Crippen LogP contribution in [-0.2, 0) is 28.6 Å². The number of hydrogen-bond donors (Lipinski definition) is 2. The maximum atomic E-state index is 13.7. The highest BCUT2D eigenvalue weighted by atomic mass is 16.6. The predicted octanol–water partition coefficient (Wildman–Crippen LogP) is 15.8. The van der Waals surface area contributed by atoms with Gasteiger partial charge in [0.05, 0.1) is 24.4 Å². The van der Waals surface area contributed by atoms with E-state index in [2.05, 4.69) is 38.3 Å². The molecule has 0 bridgehead atoms. The van der Waals surface area contributed by atoms with Crippen molar-refractivity contribution in [3.05, 3.63) is 0 Å². The van der Waals surface area contributed by atoms with E-state index in [1.165, 1.54) is 199 Å². The largest absolute Gasteiger partial charge is 0.370 e. The average molecular weight is 987 g/mol.